The molecule has 2 N–H and O–H groups in total. The molecule has 0 saturated heterocycles. The zero-order valence-corrected chi connectivity index (χ0v) is 15.8. The molecule has 1 amide bonds. The van der Waals surface area contributed by atoms with Gasteiger partial charge in [0.05, 0.1) is 16.8 Å². The molecule has 0 aliphatic heterocycles. The van der Waals surface area contributed by atoms with E-state index in [1.807, 2.05) is 13.8 Å². The van der Waals surface area contributed by atoms with Crippen LogP contribution in [0.1, 0.15) is 30.6 Å². The van der Waals surface area contributed by atoms with E-state index in [2.05, 4.69) is 27.9 Å². The van der Waals surface area contributed by atoms with Crippen LogP contribution in [0, 0.1) is 3.57 Å². The molecule has 2 rings (SSSR count). The first-order chi connectivity index (χ1) is 11.5. The lowest BCUT2D eigenvalue weighted by Gasteiger charge is -2.15. The number of hydrogen-bond acceptors (Lipinski definition) is 4. The first-order valence-corrected chi connectivity index (χ1v) is 8.82. The van der Waals surface area contributed by atoms with Crippen LogP contribution in [0.2, 0.25) is 0 Å². The molecule has 0 aliphatic carbocycles. The maximum Gasteiger partial charge on any atom is 0.255 e. The van der Waals surface area contributed by atoms with Crippen molar-refractivity contribution in [1.29, 1.82) is 0 Å². The number of aromatic hydroxyl groups is 1. The SMILES string of the molecule is CCCOc1c(I)cc(C(=O)Nc2cccc(O)c2)cc1OCC. The smallest absolute Gasteiger partial charge is 0.255 e. The van der Waals surface area contributed by atoms with Crippen LogP contribution in [0.4, 0.5) is 5.69 Å². The summed E-state index contributed by atoms with van der Waals surface area (Å²) in [4.78, 5) is 12.5. The van der Waals surface area contributed by atoms with E-state index in [0.717, 1.165) is 9.99 Å². The fourth-order valence-electron chi connectivity index (χ4n) is 2.09. The molecule has 128 valence electrons. The molecule has 0 atom stereocenters. The summed E-state index contributed by atoms with van der Waals surface area (Å²) < 4.78 is 12.2. The molecule has 24 heavy (non-hydrogen) atoms. The van der Waals surface area contributed by atoms with Crippen molar-refractivity contribution in [3.63, 3.8) is 0 Å². The lowest BCUT2D eigenvalue weighted by Crippen LogP contribution is -2.13. The van der Waals surface area contributed by atoms with Gasteiger partial charge in [-0.25, -0.2) is 0 Å². The van der Waals surface area contributed by atoms with Gasteiger partial charge in [0.1, 0.15) is 5.75 Å². The molecule has 6 heteroatoms. The summed E-state index contributed by atoms with van der Waals surface area (Å²) in [5.41, 5.74) is 0.995. The van der Waals surface area contributed by atoms with Gasteiger partial charge in [-0.2, -0.15) is 0 Å². The van der Waals surface area contributed by atoms with Crippen molar-refractivity contribution in [1.82, 2.24) is 0 Å². The molecule has 0 saturated carbocycles. The van der Waals surface area contributed by atoms with E-state index >= 15 is 0 Å². The number of carbonyl (C=O) groups excluding carboxylic acids is 1. The quantitative estimate of drug-likeness (QED) is 0.624. The maximum atomic E-state index is 12.5. The van der Waals surface area contributed by atoms with Crippen molar-refractivity contribution < 1.29 is 19.4 Å². The first-order valence-electron chi connectivity index (χ1n) is 7.74. The third kappa shape index (κ3) is 4.77. The van der Waals surface area contributed by atoms with Crippen LogP contribution in [-0.2, 0) is 0 Å². The Morgan fingerprint density at radius 1 is 1.21 bits per heavy atom. The van der Waals surface area contributed by atoms with Gasteiger partial charge in [-0.3, -0.25) is 4.79 Å². The fourth-order valence-corrected chi connectivity index (χ4v) is 2.85. The number of rotatable bonds is 7. The van der Waals surface area contributed by atoms with Crippen LogP contribution in [0.25, 0.3) is 0 Å². The second kappa shape index (κ2) is 8.77. The summed E-state index contributed by atoms with van der Waals surface area (Å²) in [6.07, 6.45) is 0.890. The van der Waals surface area contributed by atoms with Gasteiger partial charge in [-0.15, -0.1) is 0 Å². The van der Waals surface area contributed by atoms with Gasteiger partial charge < -0.3 is 19.9 Å². The van der Waals surface area contributed by atoms with Crippen LogP contribution in [0.5, 0.6) is 17.2 Å². The largest absolute Gasteiger partial charge is 0.508 e. The molecule has 0 aromatic heterocycles. The number of benzene rings is 2. The average molecular weight is 441 g/mol. The number of hydrogen-bond donors (Lipinski definition) is 2. The maximum absolute atomic E-state index is 12.5. The molecule has 0 heterocycles. The molecule has 5 nitrogen and oxygen atoms in total. The van der Waals surface area contributed by atoms with E-state index < -0.39 is 0 Å². The highest BCUT2D eigenvalue weighted by Gasteiger charge is 2.16. The number of amides is 1. The molecule has 2 aromatic rings. The second-order valence-corrected chi connectivity index (χ2v) is 6.23. The second-order valence-electron chi connectivity index (χ2n) is 5.07. The van der Waals surface area contributed by atoms with Gasteiger partial charge in [-0.05, 0) is 60.2 Å². The van der Waals surface area contributed by atoms with E-state index in [9.17, 15) is 9.90 Å². The number of ether oxygens (including phenoxy) is 2. The Morgan fingerprint density at radius 2 is 2.00 bits per heavy atom. The molecule has 0 fully saturated rings. The van der Waals surface area contributed by atoms with Gasteiger partial charge in [0, 0.05) is 17.3 Å². The van der Waals surface area contributed by atoms with Crippen molar-refractivity contribution in [3.05, 3.63) is 45.5 Å². The molecule has 0 radical (unpaired) electrons. The average Bonchev–Trinajstić information content (AvgIpc) is 2.54. The normalized spacial score (nSPS) is 10.3. The first kappa shape index (κ1) is 18.4. The lowest BCUT2D eigenvalue weighted by molar-refractivity contribution is 0.102. The number of phenols is 1. The molecular weight excluding hydrogens is 421 g/mol. The van der Waals surface area contributed by atoms with E-state index in [4.69, 9.17) is 9.47 Å². The van der Waals surface area contributed by atoms with Crippen molar-refractivity contribution >= 4 is 34.2 Å². The minimum Gasteiger partial charge on any atom is -0.508 e. The monoisotopic (exact) mass is 441 g/mol. The molecule has 0 aliphatic rings. The van der Waals surface area contributed by atoms with Crippen molar-refractivity contribution in [3.8, 4) is 17.2 Å². The Balaban J connectivity index is 2.27. The third-order valence-corrected chi connectivity index (χ3v) is 3.93. The molecular formula is C18H20INO4. The molecule has 0 bridgehead atoms. The Morgan fingerprint density at radius 3 is 2.67 bits per heavy atom. The highest BCUT2D eigenvalue weighted by Crippen LogP contribution is 2.34. The van der Waals surface area contributed by atoms with E-state index in [0.29, 0.717) is 36.0 Å². The predicted octanol–water partition coefficient (Wildman–Crippen LogP) is 4.44. The zero-order chi connectivity index (χ0) is 17.5. The Labute approximate surface area is 155 Å². The van der Waals surface area contributed by atoms with Gasteiger partial charge >= 0.3 is 0 Å². The highest BCUT2D eigenvalue weighted by molar-refractivity contribution is 14.1. The molecule has 2 aromatic carbocycles. The number of anilines is 1. The van der Waals surface area contributed by atoms with Crippen molar-refractivity contribution in [2.24, 2.45) is 0 Å². The van der Waals surface area contributed by atoms with Crippen LogP contribution >= 0.6 is 22.6 Å². The number of carbonyl (C=O) groups is 1. The van der Waals surface area contributed by atoms with Gasteiger partial charge in [-0.1, -0.05) is 13.0 Å². The summed E-state index contributed by atoms with van der Waals surface area (Å²) in [6.45, 7) is 4.99. The summed E-state index contributed by atoms with van der Waals surface area (Å²) in [7, 11) is 0. The predicted molar refractivity (Wildman–Crippen MR) is 102 cm³/mol. The topological polar surface area (TPSA) is 67.8 Å². The third-order valence-electron chi connectivity index (χ3n) is 3.13. The highest BCUT2D eigenvalue weighted by atomic mass is 127. The Bertz CT molecular complexity index is 718. The van der Waals surface area contributed by atoms with Crippen LogP contribution in [0.3, 0.4) is 0 Å². The lowest BCUT2D eigenvalue weighted by atomic mass is 10.1. The van der Waals surface area contributed by atoms with E-state index in [1.165, 1.54) is 6.07 Å². The van der Waals surface area contributed by atoms with Crippen molar-refractivity contribution in [2.75, 3.05) is 18.5 Å². The van der Waals surface area contributed by atoms with Crippen LogP contribution < -0.4 is 14.8 Å². The standard InChI is InChI=1S/C18H20INO4/c1-3-8-24-17-15(19)9-12(10-16(17)23-4-2)18(22)20-13-6-5-7-14(21)11-13/h5-7,9-11,21H,3-4,8H2,1-2H3,(H,20,22). The van der Waals surface area contributed by atoms with E-state index in [1.54, 1.807) is 30.3 Å². The minimum atomic E-state index is -0.276. The van der Waals surface area contributed by atoms with Gasteiger partial charge in [0.25, 0.3) is 5.91 Å². The number of nitrogens with one attached hydrogen (secondary N) is 1. The Hall–Kier alpha value is -1.96. The minimum absolute atomic E-state index is 0.0979. The van der Waals surface area contributed by atoms with Gasteiger partial charge in [0.2, 0.25) is 0 Å². The molecule has 0 unspecified atom stereocenters. The number of halogens is 1. The van der Waals surface area contributed by atoms with Crippen LogP contribution in [-0.4, -0.2) is 24.2 Å². The zero-order valence-electron chi connectivity index (χ0n) is 13.6. The van der Waals surface area contributed by atoms with Crippen molar-refractivity contribution in [2.45, 2.75) is 20.3 Å². The summed E-state index contributed by atoms with van der Waals surface area (Å²) in [6, 6.07) is 9.85. The molecule has 0 spiro atoms. The summed E-state index contributed by atoms with van der Waals surface area (Å²) >= 11 is 2.14. The number of phenolic OH excluding ortho intramolecular Hbond substituents is 1. The summed E-state index contributed by atoms with van der Waals surface area (Å²) in [5, 5.41) is 12.2. The Kier molecular flexibility index (Phi) is 6.72. The van der Waals surface area contributed by atoms with Gasteiger partial charge in [0.15, 0.2) is 11.5 Å². The summed E-state index contributed by atoms with van der Waals surface area (Å²) in [5.74, 6) is 1.04. The fraction of sp³-hybridized carbons (Fsp3) is 0.278. The van der Waals surface area contributed by atoms with E-state index in [-0.39, 0.29) is 11.7 Å². The van der Waals surface area contributed by atoms with Crippen LogP contribution in [0.15, 0.2) is 36.4 Å².